The highest BCUT2D eigenvalue weighted by atomic mass is 16.6. The number of amides is 1. The Morgan fingerprint density at radius 2 is 2.05 bits per heavy atom. The molecule has 6 heteroatoms. The summed E-state index contributed by atoms with van der Waals surface area (Å²) in [6.07, 6.45) is -2.18. The maximum atomic E-state index is 10.9. The molecule has 6 nitrogen and oxygen atoms in total. The summed E-state index contributed by atoms with van der Waals surface area (Å²) < 4.78 is 4.97. The zero-order chi connectivity index (χ0) is 15.0. The Morgan fingerprint density at radius 1 is 1.40 bits per heavy atom. The maximum Gasteiger partial charge on any atom is 0.404 e. The number of nitrogens with one attached hydrogen (secondary N) is 1. The highest BCUT2D eigenvalue weighted by Gasteiger charge is 2.23. The van der Waals surface area contributed by atoms with Crippen LogP contribution in [0.25, 0.3) is 0 Å². The van der Waals surface area contributed by atoms with Crippen molar-refractivity contribution in [3.8, 4) is 0 Å². The maximum absolute atomic E-state index is 10.9. The molecule has 3 atom stereocenters. The summed E-state index contributed by atoms with van der Waals surface area (Å²) in [5, 5.41) is 21.9. The fourth-order valence-corrected chi connectivity index (χ4v) is 1.77. The van der Waals surface area contributed by atoms with E-state index >= 15 is 0 Å². The zero-order valence-electron chi connectivity index (χ0n) is 11.5. The summed E-state index contributed by atoms with van der Waals surface area (Å²) in [4.78, 5) is 10.9. The van der Waals surface area contributed by atoms with Gasteiger partial charge >= 0.3 is 6.09 Å². The molecular formula is C14H22N2O4. The van der Waals surface area contributed by atoms with Gasteiger partial charge in [0, 0.05) is 19.0 Å². The van der Waals surface area contributed by atoms with Crippen LogP contribution in [0.2, 0.25) is 0 Å². The number of nitrogens with two attached hydrogens (primary N) is 1. The third kappa shape index (κ3) is 6.01. The van der Waals surface area contributed by atoms with Crippen LogP contribution in [0.5, 0.6) is 0 Å². The van der Waals surface area contributed by atoms with E-state index in [1.807, 2.05) is 30.3 Å². The molecule has 0 aromatic heterocycles. The molecule has 0 aliphatic heterocycles. The molecule has 0 spiro atoms. The number of benzene rings is 1. The van der Waals surface area contributed by atoms with Crippen molar-refractivity contribution in [3.05, 3.63) is 35.9 Å². The largest absolute Gasteiger partial charge is 0.443 e. The molecule has 0 aliphatic carbocycles. The third-order valence-electron chi connectivity index (χ3n) is 2.93. The number of primary amides is 1. The number of aliphatic hydroxyl groups excluding tert-OH is 2. The summed E-state index contributed by atoms with van der Waals surface area (Å²) in [6.45, 7) is 1.95. The van der Waals surface area contributed by atoms with Crippen molar-refractivity contribution in [2.45, 2.75) is 31.6 Å². The van der Waals surface area contributed by atoms with Gasteiger partial charge in [0.15, 0.2) is 0 Å². The molecule has 1 aromatic rings. The molecule has 2 unspecified atom stereocenters. The summed E-state index contributed by atoms with van der Waals surface area (Å²) in [5.74, 6) is 0. The lowest BCUT2D eigenvalue weighted by Gasteiger charge is -2.24. The van der Waals surface area contributed by atoms with Gasteiger partial charge in [-0.15, -0.1) is 0 Å². The Bertz CT molecular complexity index is 399. The Labute approximate surface area is 118 Å². The number of carbonyl (C=O) groups excluding carboxylic acids is 1. The first-order valence-electron chi connectivity index (χ1n) is 6.55. The van der Waals surface area contributed by atoms with Crippen molar-refractivity contribution in [3.63, 3.8) is 0 Å². The molecule has 5 N–H and O–H groups in total. The van der Waals surface area contributed by atoms with Gasteiger partial charge < -0.3 is 26.0 Å². The van der Waals surface area contributed by atoms with Crippen molar-refractivity contribution in [1.29, 1.82) is 0 Å². The quantitative estimate of drug-likeness (QED) is 0.538. The van der Waals surface area contributed by atoms with E-state index in [-0.39, 0.29) is 19.2 Å². The van der Waals surface area contributed by atoms with Crippen molar-refractivity contribution >= 4 is 6.09 Å². The van der Waals surface area contributed by atoms with Gasteiger partial charge in [-0.2, -0.15) is 0 Å². The van der Waals surface area contributed by atoms with Crippen LogP contribution in [-0.4, -0.2) is 47.7 Å². The van der Waals surface area contributed by atoms with Gasteiger partial charge in [0.1, 0.15) is 12.2 Å². The molecule has 0 saturated heterocycles. The SMILES string of the molecule is C[C@@H](CO)NCC(O)C(Cc1ccccc1)OC(N)=O. The smallest absolute Gasteiger partial charge is 0.404 e. The number of rotatable bonds is 8. The molecule has 1 rings (SSSR count). The Morgan fingerprint density at radius 3 is 2.60 bits per heavy atom. The van der Waals surface area contributed by atoms with Crippen molar-refractivity contribution in [1.82, 2.24) is 5.32 Å². The first kappa shape index (κ1) is 16.4. The lowest BCUT2D eigenvalue weighted by molar-refractivity contribution is 0.00563. The first-order chi connectivity index (χ1) is 9.52. The second-order valence-corrected chi connectivity index (χ2v) is 4.72. The molecule has 20 heavy (non-hydrogen) atoms. The average molecular weight is 282 g/mol. The van der Waals surface area contributed by atoms with Gasteiger partial charge in [0.05, 0.1) is 6.61 Å². The Balaban J connectivity index is 2.61. The van der Waals surface area contributed by atoms with E-state index in [1.54, 1.807) is 6.92 Å². The van der Waals surface area contributed by atoms with E-state index in [9.17, 15) is 9.90 Å². The number of ether oxygens (including phenoxy) is 1. The van der Waals surface area contributed by atoms with Gasteiger partial charge in [-0.25, -0.2) is 4.79 Å². The van der Waals surface area contributed by atoms with Gasteiger partial charge in [0.25, 0.3) is 0 Å². The second-order valence-electron chi connectivity index (χ2n) is 4.72. The normalized spacial score (nSPS) is 15.3. The predicted molar refractivity (Wildman–Crippen MR) is 75.2 cm³/mol. The molecule has 0 fully saturated rings. The molecule has 0 bridgehead atoms. The number of hydrogen-bond donors (Lipinski definition) is 4. The van der Waals surface area contributed by atoms with Crippen LogP contribution >= 0.6 is 0 Å². The second kappa shape index (κ2) is 8.52. The van der Waals surface area contributed by atoms with Crippen molar-refractivity contribution < 1.29 is 19.7 Å². The van der Waals surface area contributed by atoms with Crippen LogP contribution < -0.4 is 11.1 Å². The van der Waals surface area contributed by atoms with Crippen LogP contribution in [-0.2, 0) is 11.2 Å². The van der Waals surface area contributed by atoms with E-state index in [1.165, 1.54) is 0 Å². The number of hydrogen-bond acceptors (Lipinski definition) is 5. The monoisotopic (exact) mass is 282 g/mol. The fourth-order valence-electron chi connectivity index (χ4n) is 1.77. The molecule has 0 heterocycles. The van der Waals surface area contributed by atoms with Crippen molar-refractivity contribution in [2.75, 3.05) is 13.2 Å². The lowest BCUT2D eigenvalue weighted by atomic mass is 10.0. The topological polar surface area (TPSA) is 105 Å². The fraction of sp³-hybridized carbons (Fsp3) is 0.500. The third-order valence-corrected chi connectivity index (χ3v) is 2.93. The Hall–Kier alpha value is -1.63. The molecule has 0 aliphatic rings. The van der Waals surface area contributed by atoms with E-state index in [2.05, 4.69) is 5.32 Å². The van der Waals surface area contributed by atoms with Crippen LogP contribution in [0.4, 0.5) is 4.79 Å². The van der Waals surface area contributed by atoms with E-state index < -0.39 is 18.3 Å². The molecule has 0 saturated carbocycles. The van der Waals surface area contributed by atoms with Crippen molar-refractivity contribution in [2.24, 2.45) is 5.73 Å². The molecule has 1 aromatic carbocycles. The number of aliphatic hydroxyl groups is 2. The highest BCUT2D eigenvalue weighted by molar-refractivity contribution is 5.64. The first-order valence-corrected chi connectivity index (χ1v) is 6.55. The molecular weight excluding hydrogens is 260 g/mol. The minimum Gasteiger partial charge on any atom is -0.443 e. The van der Waals surface area contributed by atoms with Crippen LogP contribution in [0.1, 0.15) is 12.5 Å². The van der Waals surface area contributed by atoms with Gasteiger partial charge in [0.2, 0.25) is 0 Å². The predicted octanol–water partition coefficient (Wildman–Crippen LogP) is 0.0243. The van der Waals surface area contributed by atoms with Crippen LogP contribution in [0.15, 0.2) is 30.3 Å². The van der Waals surface area contributed by atoms with Gasteiger partial charge in [-0.1, -0.05) is 30.3 Å². The molecule has 1 amide bonds. The molecule has 112 valence electrons. The molecule has 0 radical (unpaired) electrons. The minimum atomic E-state index is -0.916. The summed E-state index contributed by atoms with van der Waals surface area (Å²) >= 11 is 0. The zero-order valence-corrected chi connectivity index (χ0v) is 11.5. The average Bonchev–Trinajstić information content (AvgIpc) is 2.44. The van der Waals surface area contributed by atoms with E-state index in [0.717, 1.165) is 5.56 Å². The van der Waals surface area contributed by atoms with E-state index in [0.29, 0.717) is 6.42 Å². The minimum absolute atomic E-state index is 0.0350. The Kier molecular flexibility index (Phi) is 7.00. The van der Waals surface area contributed by atoms with E-state index in [4.69, 9.17) is 15.6 Å². The lowest BCUT2D eigenvalue weighted by Crippen LogP contribution is -2.44. The summed E-state index contributed by atoms with van der Waals surface area (Å²) in [7, 11) is 0. The summed E-state index contributed by atoms with van der Waals surface area (Å²) in [5.41, 5.74) is 5.97. The summed E-state index contributed by atoms with van der Waals surface area (Å²) in [6, 6.07) is 9.25. The van der Waals surface area contributed by atoms with Gasteiger partial charge in [-0.05, 0) is 12.5 Å². The van der Waals surface area contributed by atoms with Crippen LogP contribution in [0, 0.1) is 0 Å². The standard InChI is InChI=1S/C14H22N2O4/c1-10(9-17)16-8-12(18)13(20-14(15)19)7-11-5-3-2-4-6-11/h2-6,10,12-13,16-18H,7-9H2,1H3,(H2,15,19)/t10-,12?,13?/m0/s1. The highest BCUT2D eigenvalue weighted by Crippen LogP contribution is 2.10. The van der Waals surface area contributed by atoms with Gasteiger partial charge in [-0.3, -0.25) is 0 Å². The van der Waals surface area contributed by atoms with Crippen LogP contribution in [0.3, 0.4) is 0 Å². The number of carbonyl (C=O) groups is 1.